The molecule has 0 atom stereocenters. The molecule has 66 valence electrons. The third-order valence-electron chi connectivity index (χ3n) is 1.46. The molecule has 0 aliphatic rings. The van der Waals surface area contributed by atoms with Gasteiger partial charge in [0, 0.05) is 5.71 Å². The molecule has 0 aromatic rings. The van der Waals surface area contributed by atoms with Crippen molar-refractivity contribution in [2.24, 2.45) is 0 Å². The molecule has 0 rings (SSSR count). The largest absolute Gasteiger partial charge is 0.310 e. The summed E-state index contributed by atoms with van der Waals surface area (Å²) in [4.78, 5) is 0. The molecule has 0 bridgehead atoms. The minimum absolute atomic E-state index is 0.718. The summed E-state index contributed by atoms with van der Waals surface area (Å²) in [7, 11) is 0. The fourth-order valence-electron chi connectivity index (χ4n) is 0.734. The minimum Gasteiger partial charge on any atom is -0.310 e. The summed E-state index contributed by atoms with van der Waals surface area (Å²) in [5.74, 6) is 0. The van der Waals surface area contributed by atoms with Gasteiger partial charge in [-0.05, 0) is 26.7 Å². The predicted molar refractivity (Wildman–Crippen MR) is 55.7 cm³/mol. The number of nitrogens with one attached hydrogen (secondary N) is 1. The van der Waals surface area contributed by atoms with Crippen molar-refractivity contribution in [2.75, 3.05) is 0 Å². The Morgan fingerprint density at radius 1 is 1.33 bits per heavy atom. The van der Waals surface area contributed by atoms with Gasteiger partial charge < -0.3 is 5.41 Å². The highest BCUT2D eigenvalue weighted by Crippen LogP contribution is 2.04. The van der Waals surface area contributed by atoms with Crippen molar-refractivity contribution in [1.29, 1.82) is 5.41 Å². The second kappa shape index (κ2) is 6.59. The molecule has 1 heteroatoms. The van der Waals surface area contributed by atoms with Gasteiger partial charge in [0.05, 0.1) is 0 Å². The van der Waals surface area contributed by atoms with Crippen molar-refractivity contribution in [3.8, 4) is 0 Å². The van der Waals surface area contributed by atoms with Gasteiger partial charge in [-0.1, -0.05) is 36.5 Å². The van der Waals surface area contributed by atoms with E-state index in [9.17, 15) is 0 Å². The summed E-state index contributed by atoms with van der Waals surface area (Å²) in [5.41, 5.74) is 1.80. The fraction of sp³-hybridized carbons (Fsp3) is 0.364. The molecule has 0 spiro atoms. The lowest BCUT2D eigenvalue weighted by molar-refractivity contribution is 1.03. The molecule has 1 nitrogen and oxygen atoms in total. The predicted octanol–water partition coefficient (Wildman–Crippen LogP) is 3.49. The van der Waals surface area contributed by atoms with Gasteiger partial charge in [-0.3, -0.25) is 0 Å². The molecule has 0 aromatic heterocycles. The average Bonchev–Trinajstić information content (AvgIpc) is 2.01. The third-order valence-corrected chi connectivity index (χ3v) is 1.46. The summed E-state index contributed by atoms with van der Waals surface area (Å²) in [6.07, 6.45) is 9.63. The zero-order valence-electron chi connectivity index (χ0n) is 7.93. The molecule has 0 fully saturated rings. The van der Waals surface area contributed by atoms with Crippen molar-refractivity contribution < 1.29 is 0 Å². The van der Waals surface area contributed by atoms with Gasteiger partial charge in [0.25, 0.3) is 0 Å². The van der Waals surface area contributed by atoms with Crippen LogP contribution in [0.2, 0.25) is 0 Å². The standard InChI is InChI=1S/C11H17N/c1-4-5-6-7-10(2)8-9-11(3)12/h4-7,12H,2,8-9H2,1,3H3. The van der Waals surface area contributed by atoms with Crippen molar-refractivity contribution in [3.63, 3.8) is 0 Å². The van der Waals surface area contributed by atoms with Crippen LogP contribution in [0, 0.1) is 5.41 Å². The van der Waals surface area contributed by atoms with E-state index in [-0.39, 0.29) is 0 Å². The minimum atomic E-state index is 0.718. The second-order valence-corrected chi connectivity index (χ2v) is 2.82. The summed E-state index contributed by atoms with van der Waals surface area (Å²) < 4.78 is 0. The van der Waals surface area contributed by atoms with Crippen LogP contribution in [-0.4, -0.2) is 5.71 Å². The maximum atomic E-state index is 7.22. The molecule has 12 heavy (non-hydrogen) atoms. The van der Waals surface area contributed by atoms with E-state index < -0.39 is 0 Å². The van der Waals surface area contributed by atoms with Crippen LogP contribution in [-0.2, 0) is 0 Å². The molecule has 0 aliphatic carbocycles. The first-order valence-corrected chi connectivity index (χ1v) is 4.18. The van der Waals surface area contributed by atoms with Crippen LogP contribution in [0.1, 0.15) is 26.7 Å². The summed E-state index contributed by atoms with van der Waals surface area (Å²) in [6, 6.07) is 0. The Balaban J connectivity index is 3.67. The lowest BCUT2D eigenvalue weighted by Gasteiger charge is -1.96. The van der Waals surface area contributed by atoms with Crippen molar-refractivity contribution in [2.45, 2.75) is 26.7 Å². The average molecular weight is 163 g/mol. The number of hydrogen-bond acceptors (Lipinski definition) is 1. The number of allylic oxidation sites excluding steroid dienone is 5. The van der Waals surface area contributed by atoms with E-state index in [4.69, 9.17) is 5.41 Å². The Labute approximate surface area is 75.0 Å². The topological polar surface area (TPSA) is 23.9 Å². The summed E-state index contributed by atoms with van der Waals surface area (Å²) in [6.45, 7) is 7.68. The number of hydrogen-bond donors (Lipinski definition) is 1. The molecule has 0 radical (unpaired) electrons. The Morgan fingerprint density at radius 2 is 2.00 bits per heavy atom. The third kappa shape index (κ3) is 7.00. The molecule has 0 heterocycles. The van der Waals surface area contributed by atoms with Crippen LogP contribution in [0.15, 0.2) is 36.5 Å². The Hall–Kier alpha value is -1.11. The first-order valence-electron chi connectivity index (χ1n) is 4.18. The van der Waals surface area contributed by atoms with Gasteiger partial charge in [-0.25, -0.2) is 0 Å². The van der Waals surface area contributed by atoms with Gasteiger partial charge in [0.1, 0.15) is 0 Å². The molecule has 0 aliphatic heterocycles. The first-order chi connectivity index (χ1) is 5.66. The van der Waals surface area contributed by atoms with E-state index >= 15 is 0 Å². The normalized spacial score (nSPS) is 11.2. The van der Waals surface area contributed by atoms with Crippen LogP contribution in [0.25, 0.3) is 0 Å². The monoisotopic (exact) mass is 163 g/mol. The molecular weight excluding hydrogens is 146 g/mol. The molecular formula is C11H17N. The van der Waals surface area contributed by atoms with Crippen molar-refractivity contribution >= 4 is 5.71 Å². The molecule has 1 N–H and O–H groups in total. The molecule has 0 amide bonds. The molecule has 0 saturated heterocycles. The van der Waals surface area contributed by atoms with Gasteiger partial charge >= 0.3 is 0 Å². The highest BCUT2D eigenvalue weighted by atomic mass is 14.4. The zero-order valence-corrected chi connectivity index (χ0v) is 7.93. The van der Waals surface area contributed by atoms with E-state index in [1.165, 1.54) is 0 Å². The van der Waals surface area contributed by atoms with E-state index in [0.717, 1.165) is 24.1 Å². The van der Waals surface area contributed by atoms with Gasteiger partial charge in [0.15, 0.2) is 0 Å². The Kier molecular flexibility index (Phi) is 5.98. The first kappa shape index (κ1) is 10.9. The van der Waals surface area contributed by atoms with Gasteiger partial charge in [-0.15, -0.1) is 0 Å². The van der Waals surface area contributed by atoms with E-state index in [1.54, 1.807) is 0 Å². The highest BCUT2D eigenvalue weighted by molar-refractivity contribution is 5.78. The van der Waals surface area contributed by atoms with Crippen LogP contribution in [0.3, 0.4) is 0 Å². The van der Waals surface area contributed by atoms with E-state index in [2.05, 4.69) is 6.58 Å². The number of rotatable bonds is 5. The van der Waals surface area contributed by atoms with Crippen LogP contribution in [0.5, 0.6) is 0 Å². The SMILES string of the molecule is C=C(C=CC=CC)CCC(C)=N. The maximum absolute atomic E-state index is 7.22. The van der Waals surface area contributed by atoms with Crippen molar-refractivity contribution in [3.05, 3.63) is 36.5 Å². The zero-order chi connectivity index (χ0) is 9.40. The lowest BCUT2D eigenvalue weighted by atomic mass is 10.1. The summed E-state index contributed by atoms with van der Waals surface area (Å²) >= 11 is 0. The smallest absolute Gasteiger partial charge is 0.00615 e. The van der Waals surface area contributed by atoms with Crippen LogP contribution >= 0.6 is 0 Å². The fourth-order valence-corrected chi connectivity index (χ4v) is 0.734. The van der Waals surface area contributed by atoms with Gasteiger partial charge in [0.2, 0.25) is 0 Å². The van der Waals surface area contributed by atoms with Crippen LogP contribution < -0.4 is 0 Å². The maximum Gasteiger partial charge on any atom is 0.00615 e. The molecule has 0 saturated carbocycles. The van der Waals surface area contributed by atoms with E-state index in [0.29, 0.717) is 0 Å². The second-order valence-electron chi connectivity index (χ2n) is 2.82. The lowest BCUT2D eigenvalue weighted by Crippen LogP contribution is -1.88. The van der Waals surface area contributed by atoms with Gasteiger partial charge in [-0.2, -0.15) is 0 Å². The molecule has 0 aromatic carbocycles. The van der Waals surface area contributed by atoms with E-state index in [1.807, 2.05) is 38.2 Å². The molecule has 0 unspecified atom stereocenters. The highest BCUT2D eigenvalue weighted by Gasteiger charge is 1.90. The van der Waals surface area contributed by atoms with Crippen LogP contribution in [0.4, 0.5) is 0 Å². The van der Waals surface area contributed by atoms with Crippen molar-refractivity contribution in [1.82, 2.24) is 0 Å². The Morgan fingerprint density at radius 3 is 2.50 bits per heavy atom. The Bertz CT molecular complexity index is 209. The quantitative estimate of drug-likeness (QED) is 0.474. The summed E-state index contributed by atoms with van der Waals surface area (Å²) in [5, 5.41) is 7.22.